The molecule has 0 saturated carbocycles. The van der Waals surface area contributed by atoms with Gasteiger partial charge in [-0.1, -0.05) is 12.1 Å². The van der Waals surface area contributed by atoms with Crippen LogP contribution in [0.1, 0.15) is 11.1 Å². The molecule has 2 rings (SSSR count). The van der Waals surface area contributed by atoms with E-state index in [1.807, 2.05) is 6.07 Å². The Morgan fingerprint density at radius 3 is 2.26 bits per heavy atom. The zero-order valence-corrected chi connectivity index (χ0v) is 11.6. The van der Waals surface area contributed by atoms with Crippen LogP contribution in [-0.2, 0) is 0 Å². The van der Waals surface area contributed by atoms with Gasteiger partial charge in [0.15, 0.2) is 0 Å². The van der Waals surface area contributed by atoms with Crippen LogP contribution < -0.4 is 4.74 Å². The van der Waals surface area contributed by atoms with E-state index < -0.39 is 11.5 Å². The lowest BCUT2D eigenvalue weighted by molar-refractivity contribution is -0.384. The zero-order valence-electron chi connectivity index (χ0n) is 11.6. The zero-order chi connectivity index (χ0) is 16.8. The van der Waals surface area contributed by atoms with Gasteiger partial charge in [0.05, 0.1) is 16.6 Å². The summed E-state index contributed by atoms with van der Waals surface area (Å²) in [6.07, 6.45) is 1.55. The van der Waals surface area contributed by atoms with Gasteiger partial charge in [0.2, 0.25) is 0 Å². The van der Waals surface area contributed by atoms with Gasteiger partial charge < -0.3 is 4.74 Å². The summed E-state index contributed by atoms with van der Waals surface area (Å²) in [7, 11) is 0. The van der Waals surface area contributed by atoms with Gasteiger partial charge in [-0.3, -0.25) is 10.1 Å². The van der Waals surface area contributed by atoms with E-state index in [0.717, 1.165) is 0 Å². The predicted octanol–water partition coefficient (Wildman–Crippen LogP) is 4.26. The summed E-state index contributed by atoms with van der Waals surface area (Å²) in [6, 6.07) is 13.3. The first-order chi connectivity index (χ1) is 11.0. The highest BCUT2D eigenvalue weighted by Gasteiger charge is 2.07. The molecule has 2 aromatic rings. The molecule has 0 atom stereocenters. The lowest BCUT2D eigenvalue weighted by atomic mass is 10.0. The first-order valence-corrected chi connectivity index (χ1v) is 6.41. The normalized spacial score (nSPS) is 11.1. The number of nitro benzene ring substituents is 1. The molecular weight excluding hydrogens is 306 g/mol. The van der Waals surface area contributed by atoms with Crippen molar-refractivity contribution in [2.75, 3.05) is 0 Å². The van der Waals surface area contributed by atoms with E-state index in [1.165, 1.54) is 48.5 Å². The third-order valence-electron chi connectivity index (χ3n) is 2.93. The number of non-ortho nitro benzene ring substituents is 1. The lowest BCUT2D eigenvalue weighted by Gasteiger charge is -2.04. The number of nitrogens with zero attached hydrogens (tertiary/aromatic N) is 2. The minimum atomic E-state index is -2.90. The summed E-state index contributed by atoms with van der Waals surface area (Å²) in [5.41, 5.74) is 1.36. The van der Waals surface area contributed by atoms with E-state index in [2.05, 4.69) is 4.74 Å². The van der Waals surface area contributed by atoms with Crippen molar-refractivity contribution in [2.24, 2.45) is 0 Å². The van der Waals surface area contributed by atoms with Gasteiger partial charge in [0.1, 0.15) is 5.75 Å². The number of allylic oxidation sites excluding steroid dienone is 1. The fourth-order valence-corrected chi connectivity index (χ4v) is 1.86. The van der Waals surface area contributed by atoms with Gasteiger partial charge in [-0.2, -0.15) is 14.0 Å². The van der Waals surface area contributed by atoms with Crippen molar-refractivity contribution in [1.82, 2.24) is 0 Å². The van der Waals surface area contributed by atoms with Gasteiger partial charge in [0, 0.05) is 12.1 Å². The van der Waals surface area contributed by atoms with Crippen LogP contribution in [0.25, 0.3) is 11.6 Å². The van der Waals surface area contributed by atoms with Gasteiger partial charge in [-0.25, -0.2) is 0 Å². The Bertz CT molecular complexity index is 763. The summed E-state index contributed by atoms with van der Waals surface area (Å²) in [4.78, 5) is 10.1. The molecule has 23 heavy (non-hydrogen) atoms. The Labute approximate surface area is 130 Å². The number of nitriles is 1. The maximum atomic E-state index is 12.1. The number of rotatable bonds is 5. The van der Waals surface area contributed by atoms with Crippen LogP contribution in [0.3, 0.4) is 0 Å². The Hall–Kier alpha value is -3.27. The molecule has 0 saturated heterocycles. The molecule has 0 bridgehead atoms. The molecule has 0 aliphatic carbocycles. The summed E-state index contributed by atoms with van der Waals surface area (Å²) < 4.78 is 28.4. The maximum Gasteiger partial charge on any atom is 0.387 e. The largest absolute Gasteiger partial charge is 0.435 e. The van der Waals surface area contributed by atoms with Crippen LogP contribution in [0.15, 0.2) is 48.5 Å². The van der Waals surface area contributed by atoms with Crippen LogP contribution in [0, 0.1) is 21.4 Å². The number of hydrogen-bond acceptors (Lipinski definition) is 4. The molecule has 0 unspecified atom stereocenters. The topological polar surface area (TPSA) is 76.2 Å². The highest BCUT2D eigenvalue weighted by Crippen LogP contribution is 2.22. The molecule has 0 amide bonds. The second kappa shape index (κ2) is 7.13. The summed E-state index contributed by atoms with van der Waals surface area (Å²) in [5.74, 6) is 0.0194. The van der Waals surface area contributed by atoms with E-state index in [9.17, 15) is 24.2 Å². The fourth-order valence-electron chi connectivity index (χ4n) is 1.86. The number of benzene rings is 2. The van der Waals surface area contributed by atoms with Crippen molar-refractivity contribution < 1.29 is 18.4 Å². The van der Waals surface area contributed by atoms with Gasteiger partial charge in [-0.15, -0.1) is 0 Å². The SMILES string of the molecule is N#C/C(=C/c1ccc(OC(F)F)cc1)c1ccc([N+](=O)[O-])cc1. The van der Waals surface area contributed by atoms with Gasteiger partial charge in [-0.05, 0) is 41.5 Å². The fraction of sp³-hybridized carbons (Fsp3) is 0.0625. The van der Waals surface area contributed by atoms with Crippen LogP contribution in [0.2, 0.25) is 0 Å². The molecule has 0 fully saturated rings. The number of nitro groups is 1. The van der Waals surface area contributed by atoms with Crippen LogP contribution in [-0.4, -0.2) is 11.5 Å². The van der Waals surface area contributed by atoms with Crippen molar-refractivity contribution in [3.8, 4) is 11.8 Å². The quantitative estimate of drug-likeness (QED) is 0.357. The van der Waals surface area contributed by atoms with E-state index in [-0.39, 0.29) is 11.4 Å². The molecule has 0 N–H and O–H groups in total. The Kier molecular flexibility index (Phi) is 5.00. The highest BCUT2D eigenvalue weighted by molar-refractivity contribution is 5.89. The molecule has 0 aliphatic rings. The molecular formula is C16H10F2N2O3. The highest BCUT2D eigenvalue weighted by atomic mass is 19.3. The van der Waals surface area contributed by atoms with E-state index >= 15 is 0 Å². The number of hydrogen-bond donors (Lipinski definition) is 0. The first kappa shape index (κ1) is 16.1. The smallest absolute Gasteiger partial charge is 0.387 e. The summed E-state index contributed by atoms with van der Waals surface area (Å²) >= 11 is 0. The van der Waals surface area contributed by atoms with Crippen molar-refractivity contribution >= 4 is 17.3 Å². The summed E-state index contributed by atoms with van der Waals surface area (Å²) in [6.45, 7) is -2.90. The maximum absolute atomic E-state index is 12.1. The molecule has 116 valence electrons. The van der Waals surface area contributed by atoms with Crippen molar-refractivity contribution in [3.05, 3.63) is 69.8 Å². The van der Waals surface area contributed by atoms with E-state index in [1.54, 1.807) is 6.08 Å². The average molecular weight is 316 g/mol. The van der Waals surface area contributed by atoms with Crippen molar-refractivity contribution in [3.63, 3.8) is 0 Å². The lowest BCUT2D eigenvalue weighted by Crippen LogP contribution is -2.01. The van der Waals surface area contributed by atoms with Crippen molar-refractivity contribution in [2.45, 2.75) is 6.61 Å². The molecule has 0 radical (unpaired) electrons. The molecule has 0 aromatic heterocycles. The Morgan fingerprint density at radius 2 is 1.78 bits per heavy atom. The van der Waals surface area contributed by atoms with Crippen LogP contribution in [0.4, 0.5) is 14.5 Å². The van der Waals surface area contributed by atoms with E-state index in [4.69, 9.17) is 0 Å². The molecule has 0 aliphatic heterocycles. The van der Waals surface area contributed by atoms with Gasteiger partial charge >= 0.3 is 6.61 Å². The number of alkyl halides is 2. The van der Waals surface area contributed by atoms with Crippen LogP contribution >= 0.6 is 0 Å². The average Bonchev–Trinajstić information content (AvgIpc) is 2.53. The Balaban J connectivity index is 2.24. The number of halogens is 2. The standard InChI is InChI=1S/C16H10F2N2O3/c17-16(18)23-15-7-1-11(2-8-15)9-13(10-19)12-3-5-14(6-4-12)20(21)22/h1-9,16H/b13-9-. The molecule has 2 aromatic carbocycles. The molecule has 7 heteroatoms. The molecule has 0 spiro atoms. The predicted molar refractivity (Wildman–Crippen MR) is 79.7 cm³/mol. The third kappa shape index (κ3) is 4.35. The first-order valence-electron chi connectivity index (χ1n) is 6.41. The number of ether oxygens (including phenoxy) is 1. The Morgan fingerprint density at radius 1 is 1.17 bits per heavy atom. The second-order valence-electron chi connectivity index (χ2n) is 4.42. The monoisotopic (exact) mass is 316 g/mol. The van der Waals surface area contributed by atoms with E-state index in [0.29, 0.717) is 16.7 Å². The molecule has 5 nitrogen and oxygen atoms in total. The van der Waals surface area contributed by atoms with Gasteiger partial charge in [0.25, 0.3) is 5.69 Å². The second-order valence-corrected chi connectivity index (χ2v) is 4.42. The van der Waals surface area contributed by atoms with Crippen molar-refractivity contribution in [1.29, 1.82) is 5.26 Å². The summed E-state index contributed by atoms with van der Waals surface area (Å²) in [5, 5.41) is 19.8. The minimum Gasteiger partial charge on any atom is -0.435 e. The van der Waals surface area contributed by atoms with Crippen LogP contribution in [0.5, 0.6) is 5.75 Å². The third-order valence-corrected chi connectivity index (χ3v) is 2.93. The minimum absolute atomic E-state index is 0.0194. The molecule has 0 heterocycles.